The maximum Gasteiger partial charge on any atom is 0.239 e. The summed E-state index contributed by atoms with van der Waals surface area (Å²) < 4.78 is 27.6. The van der Waals surface area contributed by atoms with E-state index in [1.807, 2.05) is 36.4 Å². The second-order valence-corrected chi connectivity index (χ2v) is 12.1. The SMILES string of the molecule is CC(C)CC(C(=O)N1CC=C2C1C(=O)CN2S(=O)(=O)Cc1cccnc1)c1cccc(-c2cccnc2)c1. The third-order valence-corrected chi connectivity index (χ3v) is 8.67. The molecular formula is C29H30N4O4S. The third-order valence-electron chi connectivity index (χ3n) is 6.96. The molecule has 0 spiro atoms. The highest BCUT2D eigenvalue weighted by atomic mass is 32.2. The van der Waals surface area contributed by atoms with Crippen LogP contribution in [0, 0.1) is 5.92 Å². The third kappa shape index (κ3) is 5.11. The van der Waals surface area contributed by atoms with Gasteiger partial charge in [-0.1, -0.05) is 50.2 Å². The number of hydrogen-bond donors (Lipinski definition) is 0. The number of hydrogen-bond acceptors (Lipinski definition) is 6. The number of aromatic nitrogens is 2. The predicted octanol–water partition coefficient (Wildman–Crippen LogP) is 3.78. The second-order valence-electron chi connectivity index (χ2n) is 10.2. The van der Waals surface area contributed by atoms with E-state index >= 15 is 0 Å². The minimum atomic E-state index is -3.82. The van der Waals surface area contributed by atoms with Crippen LogP contribution in [0.4, 0.5) is 0 Å². The highest BCUT2D eigenvalue weighted by Crippen LogP contribution is 2.36. The van der Waals surface area contributed by atoms with Crippen LogP contribution in [-0.4, -0.2) is 58.4 Å². The first kappa shape index (κ1) is 25.8. The van der Waals surface area contributed by atoms with Crippen LogP contribution in [0.1, 0.15) is 37.3 Å². The lowest BCUT2D eigenvalue weighted by Gasteiger charge is -2.29. The zero-order chi connectivity index (χ0) is 26.9. The molecule has 0 aliphatic carbocycles. The number of benzene rings is 1. The number of carbonyl (C=O) groups excluding carboxylic acids is 2. The van der Waals surface area contributed by atoms with E-state index < -0.39 is 22.0 Å². The fourth-order valence-corrected chi connectivity index (χ4v) is 6.80. The fraction of sp³-hybridized carbons (Fsp3) is 0.310. The number of rotatable bonds is 8. The molecule has 1 saturated heterocycles. The van der Waals surface area contributed by atoms with E-state index in [1.165, 1.54) is 10.5 Å². The standard InChI is InChI=1S/C29H30N4O4S/c1-20(2)14-25(23-8-3-7-22(15-23)24-9-5-12-31-17-24)29(35)32-13-10-26-28(32)27(34)18-33(26)38(36,37)19-21-6-4-11-30-16-21/h3-12,15-17,20,25,28H,13-14,18-19H2,1-2H3. The van der Waals surface area contributed by atoms with Crippen LogP contribution >= 0.6 is 0 Å². The first-order valence-corrected chi connectivity index (χ1v) is 14.3. The smallest absolute Gasteiger partial charge is 0.239 e. The Morgan fingerprint density at radius 2 is 1.76 bits per heavy atom. The Labute approximate surface area is 223 Å². The average molecular weight is 531 g/mol. The van der Waals surface area contributed by atoms with Crippen LogP contribution in [0.5, 0.6) is 0 Å². The maximum atomic E-state index is 14.0. The normalized spacial score (nSPS) is 18.0. The number of sulfonamides is 1. The molecule has 196 valence electrons. The van der Waals surface area contributed by atoms with Crippen molar-refractivity contribution in [3.8, 4) is 11.1 Å². The maximum absolute atomic E-state index is 14.0. The van der Waals surface area contributed by atoms with Gasteiger partial charge in [0.2, 0.25) is 15.9 Å². The fourth-order valence-electron chi connectivity index (χ4n) is 5.23. The van der Waals surface area contributed by atoms with Crippen molar-refractivity contribution in [2.24, 2.45) is 5.92 Å². The predicted molar refractivity (Wildman–Crippen MR) is 144 cm³/mol. The Bertz CT molecular complexity index is 1470. The highest BCUT2D eigenvalue weighted by Gasteiger charge is 2.49. The molecule has 0 N–H and O–H groups in total. The van der Waals surface area contributed by atoms with Gasteiger partial charge in [0.1, 0.15) is 6.04 Å². The summed E-state index contributed by atoms with van der Waals surface area (Å²) in [5.41, 5.74) is 3.70. The Hall–Kier alpha value is -3.85. The average Bonchev–Trinajstić information content (AvgIpc) is 3.49. The lowest BCUT2D eigenvalue weighted by atomic mass is 9.87. The van der Waals surface area contributed by atoms with Crippen molar-refractivity contribution >= 4 is 21.7 Å². The summed E-state index contributed by atoms with van der Waals surface area (Å²) in [5.74, 6) is -0.948. The number of ketones is 1. The lowest BCUT2D eigenvalue weighted by Crippen LogP contribution is -2.43. The van der Waals surface area contributed by atoms with Crippen molar-refractivity contribution in [1.29, 1.82) is 0 Å². The zero-order valence-corrected chi connectivity index (χ0v) is 22.2. The van der Waals surface area contributed by atoms with Gasteiger partial charge in [-0.15, -0.1) is 0 Å². The van der Waals surface area contributed by atoms with Crippen molar-refractivity contribution in [2.45, 2.75) is 38.0 Å². The summed E-state index contributed by atoms with van der Waals surface area (Å²) in [7, 11) is -3.82. The molecule has 1 aromatic carbocycles. The summed E-state index contributed by atoms with van der Waals surface area (Å²) in [6.07, 6.45) is 8.89. The van der Waals surface area contributed by atoms with E-state index in [2.05, 4.69) is 23.8 Å². The van der Waals surface area contributed by atoms with Crippen molar-refractivity contribution < 1.29 is 18.0 Å². The molecule has 1 fully saturated rings. The van der Waals surface area contributed by atoms with Crippen LogP contribution in [0.2, 0.25) is 0 Å². The van der Waals surface area contributed by atoms with E-state index in [-0.39, 0.29) is 36.5 Å². The summed E-state index contributed by atoms with van der Waals surface area (Å²) in [4.78, 5) is 36.9. The summed E-state index contributed by atoms with van der Waals surface area (Å²) in [5, 5.41) is 0. The molecule has 2 atom stereocenters. The van der Waals surface area contributed by atoms with Gasteiger partial charge in [-0.25, -0.2) is 8.42 Å². The Morgan fingerprint density at radius 1 is 1.03 bits per heavy atom. The molecule has 0 radical (unpaired) electrons. The van der Waals surface area contributed by atoms with E-state index in [4.69, 9.17) is 0 Å². The molecule has 3 aromatic rings. The molecule has 2 unspecified atom stereocenters. The van der Waals surface area contributed by atoms with Gasteiger partial charge in [-0.05, 0) is 52.8 Å². The first-order valence-electron chi connectivity index (χ1n) is 12.7. The van der Waals surface area contributed by atoms with Gasteiger partial charge in [0.05, 0.1) is 23.9 Å². The lowest BCUT2D eigenvalue weighted by molar-refractivity contribution is -0.137. The van der Waals surface area contributed by atoms with Crippen LogP contribution in [0.25, 0.3) is 11.1 Å². The van der Waals surface area contributed by atoms with Crippen molar-refractivity contribution in [3.63, 3.8) is 0 Å². The van der Waals surface area contributed by atoms with Gasteiger partial charge in [-0.3, -0.25) is 23.9 Å². The van der Waals surface area contributed by atoms with Crippen molar-refractivity contribution in [1.82, 2.24) is 19.2 Å². The second kappa shape index (κ2) is 10.5. The molecule has 0 saturated carbocycles. The molecule has 0 bridgehead atoms. The van der Waals surface area contributed by atoms with E-state index in [9.17, 15) is 18.0 Å². The monoisotopic (exact) mass is 530 g/mol. The number of fused-ring (bicyclic) bond motifs is 1. The number of pyridine rings is 2. The molecule has 5 rings (SSSR count). The van der Waals surface area contributed by atoms with E-state index in [0.717, 1.165) is 16.7 Å². The number of nitrogens with zero attached hydrogens (tertiary/aromatic N) is 4. The minimum absolute atomic E-state index is 0.168. The molecular weight excluding hydrogens is 500 g/mol. The van der Waals surface area contributed by atoms with E-state index in [1.54, 1.807) is 41.7 Å². The van der Waals surface area contributed by atoms with E-state index in [0.29, 0.717) is 17.7 Å². The van der Waals surface area contributed by atoms with Crippen LogP contribution in [-0.2, 0) is 25.4 Å². The van der Waals surface area contributed by atoms with Crippen LogP contribution in [0.3, 0.4) is 0 Å². The number of amides is 1. The van der Waals surface area contributed by atoms with Gasteiger partial charge in [-0.2, -0.15) is 0 Å². The van der Waals surface area contributed by atoms with Crippen LogP contribution in [0.15, 0.2) is 85.1 Å². The quantitative estimate of drug-likeness (QED) is 0.439. The molecule has 2 aliphatic rings. The van der Waals surface area contributed by atoms with Gasteiger partial charge < -0.3 is 4.90 Å². The molecule has 2 aromatic heterocycles. The molecule has 1 amide bonds. The molecule has 4 heterocycles. The topological polar surface area (TPSA) is 101 Å². The molecule has 9 heteroatoms. The van der Waals surface area contributed by atoms with Gasteiger partial charge >= 0.3 is 0 Å². The summed E-state index contributed by atoms with van der Waals surface area (Å²) in [6, 6.07) is 14.2. The summed E-state index contributed by atoms with van der Waals surface area (Å²) >= 11 is 0. The molecule has 2 aliphatic heterocycles. The Balaban J connectivity index is 1.41. The van der Waals surface area contributed by atoms with Gasteiger partial charge in [0.25, 0.3) is 0 Å². The number of Topliss-reactive ketones (excluding diaryl/α,β-unsaturated/α-hetero) is 1. The van der Waals surface area contributed by atoms with Gasteiger partial charge in [0.15, 0.2) is 5.78 Å². The molecule has 38 heavy (non-hydrogen) atoms. The minimum Gasteiger partial charge on any atom is -0.323 e. The number of carbonyl (C=O) groups is 2. The van der Waals surface area contributed by atoms with Crippen LogP contribution < -0.4 is 0 Å². The van der Waals surface area contributed by atoms with Gasteiger partial charge in [0, 0.05) is 31.3 Å². The largest absolute Gasteiger partial charge is 0.323 e. The molecule has 8 nitrogen and oxygen atoms in total. The first-order chi connectivity index (χ1) is 18.2. The zero-order valence-electron chi connectivity index (χ0n) is 21.4. The highest BCUT2D eigenvalue weighted by molar-refractivity contribution is 7.88. The van der Waals surface area contributed by atoms with Crippen molar-refractivity contribution in [3.05, 3.63) is 96.2 Å². The summed E-state index contributed by atoms with van der Waals surface area (Å²) in [6.45, 7) is 4.05. The van der Waals surface area contributed by atoms with Crippen molar-refractivity contribution in [2.75, 3.05) is 13.1 Å². The Kier molecular flexibility index (Phi) is 7.12. The Morgan fingerprint density at radius 3 is 2.45 bits per heavy atom.